The molecule has 2 N–H and O–H groups in total. The van der Waals surface area contributed by atoms with Gasteiger partial charge in [0.15, 0.2) is 6.10 Å². The first-order chi connectivity index (χ1) is 7.09. The first kappa shape index (κ1) is 11.8. The first-order valence-corrected chi connectivity index (χ1v) is 4.94. The van der Waals surface area contributed by atoms with Gasteiger partial charge in [-0.1, -0.05) is 0 Å². The van der Waals surface area contributed by atoms with Gasteiger partial charge in [-0.2, -0.15) is 5.48 Å². The van der Waals surface area contributed by atoms with E-state index in [0.29, 0.717) is 0 Å². The van der Waals surface area contributed by atoms with E-state index in [1.807, 2.05) is 5.48 Å². The van der Waals surface area contributed by atoms with Crippen molar-refractivity contribution >= 4 is 12.1 Å². The predicted molar refractivity (Wildman–Crippen MR) is 50.1 cm³/mol. The number of nitrogens with one attached hydrogen (secondary N) is 1. The van der Waals surface area contributed by atoms with Crippen molar-refractivity contribution in [1.82, 2.24) is 5.48 Å². The zero-order valence-corrected chi connectivity index (χ0v) is 8.56. The summed E-state index contributed by atoms with van der Waals surface area (Å²) < 4.78 is 4.97. The lowest BCUT2D eigenvalue weighted by atomic mass is 10.3. The number of hydrogen-bond acceptors (Lipinski definition) is 4. The average Bonchev–Trinajstić information content (AvgIpc) is 2.66. The second-order valence-electron chi connectivity index (χ2n) is 3.51. The van der Waals surface area contributed by atoms with Crippen LogP contribution in [0.25, 0.3) is 0 Å². The molecule has 1 saturated carbocycles. The number of carbonyl (C=O) groups excluding carboxylic acids is 1. The van der Waals surface area contributed by atoms with Crippen LogP contribution in [0, 0.1) is 0 Å². The Labute approximate surface area is 87.5 Å². The van der Waals surface area contributed by atoms with E-state index in [4.69, 9.17) is 9.84 Å². The molecule has 1 atom stereocenters. The number of carbonyl (C=O) groups is 2. The Morgan fingerprint density at radius 3 is 2.53 bits per heavy atom. The molecule has 1 aliphatic carbocycles. The van der Waals surface area contributed by atoms with E-state index in [2.05, 4.69) is 4.84 Å². The Morgan fingerprint density at radius 2 is 2.00 bits per heavy atom. The third kappa shape index (κ3) is 4.16. The standard InChI is InChI=1S/C9H15NO5/c1-6(8(11)12)15-10-9(13)14-7-4-2-3-5-7/h6-7H,2-5H2,1H3,(H,10,13)(H,11,12)/t6-/m1/s1. The minimum Gasteiger partial charge on any atom is -0.479 e. The van der Waals surface area contributed by atoms with E-state index >= 15 is 0 Å². The maximum absolute atomic E-state index is 11.1. The summed E-state index contributed by atoms with van der Waals surface area (Å²) in [6.45, 7) is 1.32. The lowest BCUT2D eigenvalue weighted by molar-refractivity contribution is -0.153. The van der Waals surface area contributed by atoms with Crippen LogP contribution < -0.4 is 5.48 Å². The Bertz CT molecular complexity index is 237. The molecule has 0 heterocycles. The van der Waals surface area contributed by atoms with Gasteiger partial charge in [0.1, 0.15) is 6.10 Å². The van der Waals surface area contributed by atoms with Gasteiger partial charge < -0.3 is 9.84 Å². The molecule has 0 aliphatic heterocycles. The van der Waals surface area contributed by atoms with Gasteiger partial charge in [-0.15, -0.1) is 0 Å². The van der Waals surface area contributed by atoms with Gasteiger partial charge in [0.2, 0.25) is 0 Å². The molecule has 6 heteroatoms. The van der Waals surface area contributed by atoms with Crippen molar-refractivity contribution in [3.8, 4) is 0 Å². The van der Waals surface area contributed by atoms with Crippen LogP contribution in [0.1, 0.15) is 32.6 Å². The maximum atomic E-state index is 11.1. The molecule has 0 aromatic rings. The summed E-state index contributed by atoms with van der Waals surface area (Å²) in [5, 5.41) is 8.46. The number of ether oxygens (including phenoxy) is 1. The fourth-order valence-electron chi connectivity index (χ4n) is 1.37. The highest BCUT2D eigenvalue weighted by Gasteiger charge is 2.20. The highest BCUT2D eigenvalue weighted by molar-refractivity contribution is 5.72. The molecule has 0 radical (unpaired) electrons. The van der Waals surface area contributed by atoms with E-state index < -0.39 is 18.2 Å². The number of aliphatic carboxylic acids is 1. The van der Waals surface area contributed by atoms with Gasteiger partial charge in [-0.3, -0.25) is 4.84 Å². The summed E-state index contributed by atoms with van der Waals surface area (Å²) in [5.41, 5.74) is 1.95. The van der Waals surface area contributed by atoms with Crippen molar-refractivity contribution in [2.75, 3.05) is 0 Å². The Balaban J connectivity index is 2.15. The van der Waals surface area contributed by atoms with E-state index in [-0.39, 0.29) is 6.10 Å². The van der Waals surface area contributed by atoms with Crippen molar-refractivity contribution in [2.24, 2.45) is 0 Å². The summed E-state index contributed by atoms with van der Waals surface area (Å²) in [5.74, 6) is -1.14. The molecule has 1 rings (SSSR count). The fraction of sp³-hybridized carbons (Fsp3) is 0.778. The molecular weight excluding hydrogens is 202 g/mol. The van der Waals surface area contributed by atoms with Gasteiger partial charge in [-0.25, -0.2) is 9.59 Å². The third-order valence-corrected chi connectivity index (χ3v) is 2.24. The second kappa shape index (κ2) is 5.55. The number of amides is 1. The molecule has 0 spiro atoms. The van der Waals surface area contributed by atoms with Gasteiger partial charge in [0, 0.05) is 0 Å². The van der Waals surface area contributed by atoms with E-state index in [1.165, 1.54) is 6.92 Å². The minimum absolute atomic E-state index is 0.0614. The first-order valence-electron chi connectivity index (χ1n) is 4.94. The molecule has 86 valence electrons. The molecule has 1 aliphatic rings. The number of rotatable bonds is 4. The minimum atomic E-state index is -1.14. The number of hydrogen-bond donors (Lipinski definition) is 2. The second-order valence-corrected chi connectivity index (χ2v) is 3.51. The van der Waals surface area contributed by atoms with Crippen LogP contribution in [0.15, 0.2) is 0 Å². The van der Waals surface area contributed by atoms with E-state index in [0.717, 1.165) is 25.7 Å². The quantitative estimate of drug-likeness (QED) is 0.688. The number of hydroxylamine groups is 1. The van der Waals surface area contributed by atoms with Crippen LogP contribution in [-0.4, -0.2) is 29.4 Å². The van der Waals surface area contributed by atoms with Crippen molar-refractivity contribution in [1.29, 1.82) is 0 Å². The molecule has 0 saturated heterocycles. The molecule has 0 aromatic heterocycles. The SMILES string of the molecule is C[C@@H](ONC(=O)OC1CCCC1)C(=O)O. The van der Waals surface area contributed by atoms with Gasteiger partial charge >= 0.3 is 12.1 Å². The predicted octanol–water partition coefficient (Wildman–Crippen LogP) is 1.06. The lowest BCUT2D eigenvalue weighted by Crippen LogP contribution is -2.34. The van der Waals surface area contributed by atoms with Crippen LogP contribution in [0.3, 0.4) is 0 Å². The van der Waals surface area contributed by atoms with Crippen LogP contribution in [0.4, 0.5) is 4.79 Å². The summed E-state index contributed by atoms with van der Waals surface area (Å²) in [4.78, 5) is 26.0. The lowest BCUT2D eigenvalue weighted by Gasteiger charge is -2.13. The normalized spacial score (nSPS) is 18.5. The molecule has 0 unspecified atom stereocenters. The Hall–Kier alpha value is -1.30. The number of carboxylic acids is 1. The van der Waals surface area contributed by atoms with Gasteiger partial charge in [0.25, 0.3) is 0 Å². The average molecular weight is 217 g/mol. The largest absolute Gasteiger partial charge is 0.479 e. The Kier molecular flexibility index (Phi) is 4.36. The molecule has 6 nitrogen and oxygen atoms in total. The molecule has 0 aromatic carbocycles. The van der Waals surface area contributed by atoms with E-state index in [9.17, 15) is 9.59 Å². The number of carboxylic acid groups (broad SMARTS) is 1. The smallest absolute Gasteiger partial charge is 0.431 e. The summed E-state index contributed by atoms with van der Waals surface area (Å²) in [6, 6.07) is 0. The molecule has 1 amide bonds. The molecule has 15 heavy (non-hydrogen) atoms. The van der Waals surface area contributed by atoms with Crippen LogP contribution >= 0.6 is 0 Å². The highest BCUT2D eigenvalue weighted by atomic mass is 16.7. The monoisotopic (exact) mass is 217 g/mol. The summed E-state index contributed by atoms with van der Waals surface area (Å²) >= 11 is 0. The Morgan fingerprint density at radius 1 is 1.40 bits per heavy atom. The summed E-state index contributed by atoms with van der Waals surface area (Å²) in [6.07, 6.45) is 1.98. The third-order valence-electron chi connectivity index (χ3n) is 2.24. The van der Waals surface area contributed by atoms with Crippen molar-refractivity contribution in [3.63, 3.8) is 0 Å². The van der Waals surface area contributed by atoms with Crippen LogP contribution in [0.5, 0.6) is 0 Å². The molecule has 0 bridgehead atoms. The fourth-order valence-corrected chi connectivity index (χ4v) is 1.37. The van der Waals surface area contributed by atoms with Crippen molar-refractivity contribution in [3.05, 3.63) is 0 Å². The van der Waals surface area contributed by atoms with Gasteiger partial charge in [0.05, 0.1) is 0 Å². The van der Waals surface area contributed by atoms with Crippen molar-refractivity contribution < 1.29 is 24.3 Å². The maximum Gasteiger partial charge on any atom is 0.431 e. The zero-order valence-electron chi connectivity index (χ0n) is 8.56. The molecule has 1 fully saturated rings. The zero-order chi connectivity index (χ0) is 11.3. The van der Waals surface area contributed by atoms with Gasteiger partial charge in [-0.05, 0) is 32.6 Å². The molecular formula is C9H15NO5. The van der Waals surface area contributed by atoms with Crippen LogP contribution in [-0.2, 0) is 14.4 Å². The van der Waals surface area contributed by atoms with E-state index in [1.54, 1.807) is 0 Å². The van der Waals surface area contributed by atoms with Crippen molar-refractivity contribution in [2.45, 2.75) is 44.8 Å². The highest BCUT2D eigenvalue weighted by Crippen LogP contribution is 2.20. The van der Waals surface area contributed by atoms with Crippen LogP contribution in [0.2, 0.25) is 0 Å². The topological polar surface area (TPSA) is 84.9 Å². The summed E-state index contributed by atoms with van der Waals surface area (Å²) in [7, 11) is 0.